The minimum absolute atomic E-state index is 0.0791. The molecule has 3 heterocycles. The number of aromatic nitrogens is 4. The molecule has 0 bridgehead atoms. The Morgan fingerprint density at radius 1 is 1.40 bits per heavy atom. The fourth-order valence-electron chi connectivity index (χ4n) is 3.25. The molecule has 3 aromatic rings. The second-order valence-electron chi connectivity index (χ2n) is 6.33. The molecule has 0 spiro atoms. The standard InChI is InChI=1S/C17H19N5O2S/c1-22-9-8-13(21-22)18-14(23)7-6-12-19-16(24)15-10-4-2-3-5-11(10)25-17(15)20-12/h8-9H,2-7H2,1H3,(H,18,21,23)(H,19,20,24). The number of aryl methyl sites for hydroxylation is 4. The first kappa shape index (κ1) is 16.0. The number of H-pyrrole nitrogens is 1. The van der Waals surface area contributed by atoms with E-state index in [9.17, 15) is 9.59 Å². The summed E-state index contributed by atoms with van der Waals surface area (Å²) in [6.07, 6.45) is 6.72. The molecule has 4 rings (SSSR count). The fourth-order valence-corrected chi connectivity index (χ4v) is 4.53. The Kier molecular flexibility index (Phi) is 4.12. The van der Waals surface area contributed by atoms with Gasteiger partial charge in [0.05, 0.1) is 5.39 Å². The van der Waals surface area contributed by atoms with Crippen molar-refractivity contribution in [1.29, 1.82) is 0 Å². The highest BCUT2D eigenvalue weighted by Crippen LogP contribution is 2.33. The second-order valence-corrected chi connectivity index (χ2v) is 7.41. The Balaban J connectivity index is 1.50. The summed E-state index contributed by atoms with van der Waals surface area (Å²) in [4.78, 5) is 34.0. The molecule has 1 aliphatic carbocycles. The Hall–Kier alpha value is -2.48. The van der Waals surface area contributed by atoms with Crippen LogP contribution < -0.4 is 10.9 Å². The summed E-state index contributed by atoms with van der Waals surface area (Å²) >= 11 is 1.62. The van der Waals surface area contributed by atoms with Gasteiger partial charge in [-0.15, -0.1) is 11.3 Å². The Morgan fingerprint density at radius 2 is 2.24 bits per heavy atom. The van der Waals surface area contributed by atoms with Crippen molar-refractivity contribution in [1.82, 2.24) is 19.7 Å². The van der Waals surface area contributed by atoms with Gasteiger partial charge in [-0.2, -0.15) is 5.10 Å². The fraction of sp³-hybridized carbons (Fsp3) is 0.412. The molecule has 0 aliphatic heterocycles. The molecule has 0 fully saturated rings. The SMILES string of the molecule is Cn1ccc(NC(=O)CCc2nc3sc4c(c3c(=O)[nH]2)CCCC4)n1. The van der Waals surface area contributed by atoms with Crippen molar-refractivity contribution in [3.8, 4) is 0 Å². The summed E-state index contributed by atoms with van der Waals surface area (Å²) in [5.41, 5.74) is 1.10. The van der Waals surface area contributed by atoms with Gasteiger partial charge in [0.25, 0.3) is 5.56 Å². The number of fused-ring (bicyclic) bond motifs is 3. The van der Waals surface area contributed by atoms with Crippen molar-refractivity contribution in [2.75, 3.05) is 5.32 Å². The number of thiophene rings is 1. The van der Waals surface area contributed by atoms with Gasteiger partial charge >= 0.3 is 0 Å². The van der Waals surface area contributed by atoms with Crippen LogP contribution in [0.15, 0.2) is 17.1 Å². The number of hydrogen-bond acceptors (Lipinski definition) is 5. The first-order chi connectivity index (χ1) is 12.1. The molecule has 0 radical (unpaired) electrons. The minimum atomic E-state index is -0.146. The maximum atomic E-state index is 12.5. The van der Waals surface area contributed by atoms with E-state index in [0.717, 1.165) is 29.5 Å². The summed E-state index contributed by atoms with van der Waals surface area (Å²) in [6.45, 7) is 0. The molecule has 130 valence electrons. The number of anilines is 1. The van der Waals surface area contributed by atoms with Crippen LogP contribution in [-0.4, -0.2) is 25.7 Å². The van der Waals surface area contributed by atoms with Crippen LogP contribution in [0.1, 0.15) is 35.5 Å². The topological polar surface area (TPSA) is 92.7 Å². The molecule has 0 atom stereocenters. The highest BCUT2D eigenvalue weighted by Gasteiger charge is 2.19. The number of nitrogens with zero attached hydrogens (tertiary/aromatic N) is 3. The largest absolute Gasteiger partial charge is 0.310 e. The third kappa shape index (κ3) is 3.21. The van der Waals surface area contributed by atoms with Gasteiger partial charge < -0.3 is 10.3 Å². The molecular weight excluding hydrogens is 338 g/mol. The molecule has 3 aromatic heterocycles. The van der Waals surface area contributed by atoms with Crippen LogP contribution in [0.5, 0.6) is 0 Å². The molecule has 1 amide bonds. The molecule has 8 heteroatoms. The summed E-state index contributed by atoms with van der Waals surface area (Å²) in [5, 5.41) is 7.60. The Labute approximate surface area is 148 Å². The summed E-state index contributed by atoms with van der Waals surface area (Å²) < 4.78 is 1.63. The smallest absolute Gasteiger partial charge is 0.259 e. The molecule has 0 aromatic carbocycles. The van der Waals surface area contributed by atoms with Crippen LogP contribution in [0.4, 0.5) is 5.82 Å². The average molecular weight is 357 g/mol. The molecule has 1 aliphatic rings. The molecule has 7 nitrogen and oxygen atoms in total. The van der Waals surface area contributed by atoms with Gasteiger partial charge in [-0.3, -0.25) is 14.3 Å². The van der Waals surface area contributed by atoms with E-state index >= 15 is 0 Å². The number of amides is 1. The van der Waals surface area contributed by atoms with Gasteiger partial charge in [0.2, 0.25) is 5.91 Å². The van der Waals surface area contributed by atoms with E-state index in [-0.39, 0.29) is 17.9 Å². The third-order valence-corrected chi connectivity index (χ3v) is 5.63. The normalized spacial score (nSPS) is 13.8. The van der Waals surface area contributed by atoms with Crippen molar-refractivity contribution in [3.05, 3.63) is 38.9 Å². The zero-order valence-electron chi connectivity index (χ0n) is 14.0. The lowest BCUT2D eigenvalue weighted by molar-refractivity contribution is -0.116. The van der Waals surface area contributed by atoms with E-state index < -0.39 is 0 Å². The maximum Gasteiger partial charge on any atom is 0.259 e. The van der Waals surface area contributed by atoms with E-state index in [0.29, 0.717) is 18.1 Å². The molecule has 0 saturated carbocycles. The van der Waals surface area contributed by atoms with Gasteiger partial charge in [-0.05, 0) is 31.2 Å². The zero-order chi connectivity index (χ0) is 17.4. The van der Waals surface area contributed by atoms with Crippen molar-refractivity contribution >= 4 is 33.3 Å². The number of aromatic amines is 1. The first-order valence-corrected chi connectivity index (χ1v) is 9.25. The molecule has 25 heavy (non-hydrogen) atoms. The van der Waals surface area contributed by atoms with Crippen LogP contribution in [0.25, 0.3) is 10.2 Å². The van der Waals surface area contributed by atoms with E-state index in [1.54, 1.807) is 35.3 Å². The van der Waals surface area contributed by atoms with Gasteiger partial charge in [0.1, 0.15) is 10.7 Å². The van der Waals surface area contributed by atoms with Crippen molar-refractivity contribution in [3.63, 3.8) is 0 Å². The third-order valence-electron chi connectivity index (χ3n) is 4.44. The average Bonchev–Trinajstić information content (AvgIpc) is 3.16. The summed E-state index contributed by atoms with van der Waals surface area (Å²) in [5.74, 6) is 0.939. The van der Waals surface area contributed by atoms with Gasteiger partial charge in [0, 0.05) is 37.0 Å². The van der Waals surface area contributed by atoms with Crippen LogP contribution >= 0.6 is 11.3 Å². The lowest BCUT2D eigenvalue weighted by Gasteiger charge is -2.09. The molecule has 0 unspecified atom stereocenters. The molecular formula is C17H19N5O2S. The van der Waals surface area contributed by atoms with Crippen molar-refractivity contribution in [2.45, 2.75) is 38.5 Å². The lowest BCUT2D eigenvalue weighted by Crippen LogP contribution is -2.16. The first-order valence-electron chi connectivity index (χ1n) is 8.43. The van der Waals surface area contributed by atoms with Gasteiger partial charge in [-0.25, -0.2) is 4.98 Å². The van der Waals surface area contributed by atoms with Crippen molar-refractivity contribution < 1.29 is 4.79 Å². The van der Waals surface area contributed by atoms with Gasteiger partial charge in [0.15, 0.2) is 5.82 Å². The summed E-state index contributed by atoms with van der Waals surface area (Å²) in [6, 6.07) is 1.74. The highest BCUT2D eigenvalue weighted by atomic mass is 32.1. The number of nitrogens with one attached hydrogen (secondary N) is 2. The van der Waals surface area contributed by atoms with Crippen molar-refractivity contribution in [2.24, 2.45) is 7.05 Å². The number of rotatable bonds is 4. The Bertz CT molecular complexity index is 1000. The van der Waals surface area contributed by atoms with Crippen LogP contribution in [0.2, 0.25) is 0 Å². The number of carbonyl (C=O) groups is 1. The zero-order valence-corrected chi connectivity index (χ0v) is 14.8. The van der Waals surface area contributed by atoms with Crippen LogP contribution in [0, 0.1) is 0 Å². The summed E-state index contributed by atoms with van der Waals surface area (Å²) in [7, 11) is 1.79. The van der Waals surface area contributed by atoms with E-state index in [1.165, 1.54) is 16.9 Å². The predicted molar refractivity (Wildman–Crippen MR) is 97.0 cm³/mol. The molecule has 2 N–H and O–H groups in total. The highest BCUT2D eigenvalue weighted by molar-refractivity contribution is 7.18. The Morgan fingerprint density at radius 3 is 3.04 bits per heavy atom. The quantitative estimate of drug-likeness (QED) is 0.748. The van der Waals surface area contributed by atoms with E-state index in [1.807, 2.05) is 0 Å². The number of carbonyl (C=O) groups excluding carboxylic acids is 1. The maximum absolute atomic E-state index is 12.5. The monoisotopic (exact) mass is 357 g/mol. The minimum Gasteiger partial charge on any atom is -0.310 e. The molecule has 0 saturated heterocycles. The van der Waals surface area contributed by atoms with E-state index in [4.69, 9.17) is 0 Å². The second kappa shape index (κ2) is 6.44. The van der Waals surface area contributed by atoms with Crippen LogP contribution in [0.3, 0.4) is 0 Å². The van der Waals surface area contributed by atoms with Gasteiger partial charge in [-0.1, -0.05) is 0 Å². The van der Waals surface area contributed by atoms with Crippen LogP contribution in [-0.2, 0) is 31.1 Å². The number of hydrogen-bond donors (Lipinski definition) is 2. The lowest BCUT2D eigenvalue weighted by atomic mass is 9.97. The predicted octanol–water partition coefficient (Wildman–Crippen LogP) is 2.17. The van der Waals surface area contributed by atoms with E-state index in [2.05, 4.69) is 20.4 Å².